The van der Waals surface area contributed by atoms with Crippen LogP contribution in [0.5, 0.6) is 11.9 Å². The Hall–Kier alpha value is -3.64. The fourth-order valence-electron chi connectivity index (χ4n) is 3.49. The Balaban J connectivity index is 1.78. The Morgan fingerprint density at radius 3 is 2.39 bits per heavy atom. The predicted octanol–water partition coefficient (Wildman–Crippen LogP) is 3.72. The van der Waals surface area contributed by atoms with Gasteiger partial charge in [0.05, 0.1) is 0 Å². The molecule has 0 aliphatic carbocycles. The monoisotopic (exact) mass is 435 g/mol. The number of hydrogen-bond acceptors (Lipinski definition) is 3. The topological polar surface area (TPSA) is 77.3 Å². The van der Waals surface area contributed by atoms with Crippen molar-refractivity contribution in [2.75, 3.05) is 5.32 Å². The van der Waals surface area contributed by atoms with Crippen molar-refractivity contribution in [3.63, 3.8) is 0 Å². The highest BCUT2D eigenvalue weighted by atomic mass is 35.5. The lowest BCUT2D eigenvalue weighted by atomic mass is 10.1. The van der Waals surface area contributed by atoms with Gasteiger partial charge in [0.1, 0.15) is 0 Å². The van der Waals surface area contributed by atoms with Crippen LogP contribution in [-0.4, -0.2) is 16.1 Å². The molecular weight excluding hydrogens is 414 g/mol. The van der Waals surface area contributed by atoms with Gasteiger partial charge in [-0.3, -0.25) is 4.79 Å². The summed E-state index contributed by atoms with van der Waals surface area (Å²) < 4.78 is 2.74. The molecule has 3 aromatic carbocycles. The zero-order valence-electron chi connectivity index (χ0n) is 17.1. The maximum absolute atomic E-state index is 12.8. The molecular formula is C24H22ClN3O3+2. The second kappa shape index (κ2) is 8.24. The van der Waals surface area contributed by atoms with Gasteiger partial charge in [-0.25, -0.2) is 0 Å². The highest BCUT2D eigenvalue weighted by Gasteiger charge is 2.36. The van der Waals surface area contributed by atoms with Crippen LogP contribution in [-0.2, 0) is 11.3 Å². The number of aryl methyl sites for hydroxylation is 2. The van der Waals surface area contributed by atoms with Crippen LogP contribution in [0.3, 0.4) is 0 Å². The standard InChI is InChI=1S/C24H20ClN3O3/c1-15-7-10-18(13-16(15)2)26-22(29)14-27-21-6-4-3-5-20(21)23(30)28(24(27)31)19-11-8-17(25)9-12-19/h3-13H,14H2,1-2H3,(H,26,29)/p+2. The minimum atomic E-state index is -0.304. The first kappa shape index (κ1) is 20.6. The third-order valence-electron chi connectivity index (χ3n) is 5.27. The van der Waals surface area contributed by atoms with Gasteiger partial charge in [0.2, 0.25) is 17.7 Å². The third-order valence-corrected chi connectivity index (χ3v) is 5.52. The molecule has 0 saturated heterocycles. The largest absolute Gasteiger partial charge is 0.638 e. The molecule has 0 radical (unpaired) electrons. The number of para-hydroxylation sites is 1. The molecule has 0 aliphatic heterocycles. The summed E-state index contributed by atoms with van der Waals surface area (Å²) >= 11 is 5.98. The maximum Gasteiger partial charge on any atom is 0.638 e. The van der Waals surface area contributed by atoms with Gasteiger partial charge in [0.15, 0.2) is 5.39 Å². The summed E-state index contributed by atoms with van der Waals surface area (Å²) in [6.45, 7) is 3.84. The van der Waals surface area contributed by atoms with Crippen LogP contribution < -0.4 is 14.5 Å². The predicted molar refractivity (Wildman–Crippen MR) is 119 cm³/mol. The van der Waals surface area contributed by atoms with Crippen molar-refractivity contribution in [3.8, 4) is 17.6 Å². The van der Waals surface area contributed by atoms with Crippen LogP contribution >= 0.6 is 11.6 Å². The fourth-order valence-corrected chi connectivity index (χ4v) is 3.61. The number of rotatable bonds is 4. The van der Waals surface area contributed by atoms with Gasteiger partial charge in [-0.15, -0.1) is 0 Å². The SMILES string of the molecule is Cc1ccc(NC(=O)C[n+]2c(O)[n+](-c3ccc(Cl)cc3)c(O)c3ccccc32)cc1C. The van der Waals surface area contributed by atoms with E-state index in [1.54, 1.807) is 48.5 Å². The normalized spacial score (nSPS) is 10.9. The highest BCUT2D eigenvalue weighted by Crippen LogP contribution is 2.23. The molecule has 1 aromatic heterocycles. The van der Waals surface area contributed by atoms with E-state index in [0.717, 1.165) is 11.1 Å². The molecule has 0 aliphatic rings. The Morgan fingerprint density at radius 2 is 1.68 bits per heavy atom. The van der Waals surface area contributed by atoms with Crippen molar-refractivity contribution in [1.82, 2.24) is 0 Å². The summed E-state index contributed by atoms with van der Waals surface area (Å²) in [6, 6.07) is 19.1. The Labute approximate surface area is 184 Å². The van der Waals surface area contributed by atoms with Gasteiger partial charge in [0.25, 0.3) is 5.91 Å². The molecule has 1 heterocycles. The zero-order valence-corrected chi connectivity index (χ0v) is 17.9. The van der Waals surface area contributed by atoms with Crippen LogP contribution in [0, 0.1) is 13.8 Å². The number of fused-ring (bicyclic) bond motifs is 1. The summed E-state index contributed by atoms with van der Waals surface area (Å²) in [4.78, 5) is 12.8. The third kappa shape index (κ3) is 4.02. The summed E-state index contributed by atoms with van der Waals surface area (Å²) in [5.41, 5.74) is 3.93. The quantitative estimate of drug-likeness (QED) is 0.427. The first-order valence-electron chi connectivity index (χ1n) is 9.76. The number of nitrogens with one attached hydrogen (secondary N) is 1. The van der Waals surface area contributed by atoms with Gasteiger partial charge < -0.3 is 15.5 Å². The average molecular weight is 436 g/mol. The zero-order chi connectivity index (χ0) is 22.1. The minimum absolute atomic E-state index is 0.138. The molecule has 6 nitrogen and oxygen atoms in total. The number of carbonyl (C=O) groups excluding carboxylic acids is 1. The molecule has 0 bridgehead atoms. The number of carbonyl (C=O) groups is 1. The molecule has 3 N–H and O–H groups in total. The van der Waals surface area contributed by atoms with E-state index in [2.05, 4.69) is 5.32 Å². The number of aromatic hydroxyl groups is 2. The smallest absolute Gasteiger partial charge is 0.459 e. The van der Waals surface area contributed by atoms with Crippen molar-refractivity contribution >= 4 is 34.1 Å². The van der Waals surface area contributed by atoms with Gasteiger partial charge in [-0.05, 0) is 59.9 Å². The van der Waals surface area contributed by atoms with E-state index >= 15 is 0 Å². The summed E-state index contributed by atoms with van der Waals surface area (Å²) in [6.07, 6.45) is 0. The van der Waals surface area contributed by atoms with Crippen molar-refractivity contribution < 1.29 is 24.1 Å². The van der Waals surface area contributed by atoms with Crippen molar-refractivity contribution in [2.45, 2.75) is 20.4 Å². The van der Waals surface area contributed by atoms with Gasteiger partial charge in [0, 0.05) is 28.9 Å². The lowest BCUT2D eigenvalue weighted by molar-refractivity contribution is -0.774. The second-order valence-corrected chi connectivity index (χ2v) is 7.82. The van der Waals surface area contributed by atoms with Gasteiger partial charge in [-0.2, -0.15) is 0 Å². The second-order valence-electron chi connectivity index (χ2n) is 7.39. The van der Waals surface area contributed by atoms with Gasteiger partial charge >= 0.3 is 11.9 Å². The molecule has 0 spiro atoms. The molecule has 0 atom stereocenters. The molecule has 0 unspecified atom stereocenters. The van der Waals surface area contributed by atoms with Crippen LogP contribution in [0.25, 0.3) is 16.6 Å². The first-order chi connectivity index (χ1) is 14.8. The molecule has 7 heteroatoms. The number of halogens is 1. The van der Waals surface area contributed by atoms with Crippen LogP contribution in [0.15, 0.2) is 66.7 Å². The molecule has 4 aromatic rings. The number of benzene rings is 3. The summed E-state index contributed by atoms with van der Waals surface area (Å²) in [5, 5.41) is 25.8. The first-order valence-corrected chi connectivity index (χ1v) is 10.1. The lowest BCUT2D eigenvalue weighted by Gasteiger charge is -2.07. The maximum atomic E-state index is 12.8. The van der Waals surface area contributed by atoms with E-state index in [9.17, 15) is 15.0 Å². The molecule has 31 heavy (non-hydrogen) atoms. The number of amides is 1. The number of nitrogens with zero attached hydrogens (tertiary/aromatic N) is 2. The number of anilines is 1. The lowest BCUT2D eigenvalue weighted by Crippen LogP contribution is -2.49. The van der Waals surface area contributed by atoms with E-state index in [1.165, 1.54) is 9.13 Å². The average Bonchev–Trinajstić information content (AvgIpc) is 2.75. The van der Waals surface area contributed by atoms with Gasteiger partial charge in [-0.1, -0.05) is 34.4 Å². The van der Waals surface area contributed by atoms with E-state index in [0.29, 0.717) is 27.3 Å². The fraction of sp³-hybridized carbons (Fsp3) is 0.125. The molecule has 0 saturated carbocycles. The Bertz CT molecular complexity index is 1300. The van der Waals surface area contributed by atoms with E-state index in [-0.39, 0.29) is 24.3 Å². The minimum Gasteiger partial charge on any atom is -0.459 e. The summed E-state index contributed by atoms with van der Waals surface area (Å²) in [5.74, 6) is -0.441. The van der Waals surface area contributed by atoms with Crippen LogP contribution in [0.2, 0.25) is 5.02 Å². The Kier molecular flexibility index (Phi) is 5.48. The van der Waals surface area contributed by atoms with Crippen molar-refractivity contribution in [1.29, 1.82) is 0 Å². The Morgan fingerprint density at radius 1 is 0.968 bits per heavy atom. The molecule has 4 rings (SSSR count). The van der Waals surface area contributed by atoms with E-state index < -0.39 is 0 Å². The van der Waals surface area contributed by atoms with Crippen molar-refractivity contribution in [2.24, 2.45) is 0 Å². The van der Waals surface area contributed by atoms with Crippen molar-refractivity contribution in [3.05, 3.63) is 82.9 Å². The van der Waals surface area contributed by atoms with Crippen LogP contribution in [0.4, 0.5) is 5.69 Å². The summed E-state index contributed by atoms with van der Waals surface area (Å²) in [7, 11) is 0. The number of hydrogen-bond donors (Lipinski definition) is 3. The molecule has 0 fully saturated rings. The molecule has 1 amide bonds. The van der Waals surface area contributed by atoms with E-state index in [1.807, 2.05) is 32.0 Å². The van der Waals surface area contributed by atoms with Crippen LogP contribution in [0.1, 0.15) is 11.1 Å². The van der Waals surface area contributed by atoms with E-state index in [4.69, 9.17) is 11.6 Å². The molecule has 156 valence electrons. The highest BCUT2D eigenvalue weighted by molar-refractivity contribution is 6.30. The number of aromatic nitrogens is 2.